The van der Waals surface area contributed by atoms with Gasteiger partial charge < -0.3 is 10.2 Å². The molecule has 1 aliphatic heterocycles. The second kappa shape index (κ2) is 4.63. The summed E-state index contributed by atoms with van der Waals surface area (Å²) in [5.74, 6) is 0.973. The smallest absolute Gasteiger partial charge is 0.0271 e. The summed E-state index contributed by atoms with van der Waals surface area (Å²) in [6.45, 7) is 1.24. The van der Waals surface area contributed by atoms with Crippen LogP contribution >= 0.6 is 0 Å². The van der Waals surface area contributed by atoms with Crippen LogP contribution in [-0.2, 0) is 0 Å². The molecule has 14 heavy (non-hydrogen) atoms. The third-order valence-electron chi connectivity index (χ3n) is 3.99. The highest BCUT2D eigenvalue weighted by molar-refractivity contribution is 4.92. The molecule has 1 saturated heterocycles. The Hall–Kier alpha value is -0.0800. The fourth-order valence-electron chi connectivity index (χ4n) is 3.06. The van der Waals surface area contributed by atoms with E-state index in [9.17, 15) is 0 Å². The molecular formula is C12H24N2. The highest BCUT2D eigenvalue weighted by Crippen LogP contribution is 2.34. The Balaban J connectivity index is 1.93. The van der Waals surface area contributed by atoms with Gasteiger partial charge in [0.05, 0.1) is 0 Å². The number of hydrogen-bond donors (Lipinski definition) is 1. The van der Waals surface area contributed by atoms with E-state index in [1.54, 1.807) is 0 Å². The van der Waals surface area contributed by atoms with E-state index in [-0.39, 0.29) is 0 Å². The van der Waals surface area contributed by atoms with Crippen molar-refractivity contribution in [2.45, 2.75) is 50.6 Å². The Morgan fingerprint density at radius 1 is 1.07 bits per heavy atom. The summed E-state index contributed by atoms with van der Waals surface area (Å²) in [4.78, 5) is 2.45. The SMILES string of the molecule is CN(C)C(C1CCC1)C1CCCCN1. The van der Waals surface area contributed by atoms with Gasteiger partial charge in [-0.25, -0.2) is 0 Å². The van der Waals surface area contributed by atoms with Crippen molar-refractivity contribution in [2.24, 2.45) is 5.92 Å². The normalized spacial score (nSPS) is 31.5. The fourth-order valence-corrected chi connectivity index (χ4v) is 3.06. The zero-order valence-electron chi connectivity index (χ0n) is 9.63. The summed E-state index contributed by atoms with van der Waals surface area (Å²) >= 11 is 0. The molecule has 2 fully saturated rings. The van der Waals surface area contributed by atoms with Crippen molar-refractivity contribution in [3.05, 3.63) is 0 Å². The molecule has 0 radical (unpaired) electrons. The van der Waals surface area contributed by atoms with Gasteiger partial charge in [-0.15, -0.1) is 0 Å². The lowest BCUT2D eigenvalue weighted by molar-refractivity contribution is 0.0941. The fraction of sp³-hybridized carbons (Fsp3) is 1.00. The van der Waals surface area contributed by atoms with Crippen LogP contribution in [0.5, 0.6) is 0 Å². The molecule has 0 aromatic heterocycles. The number of rotatable bonds is 3. The molecule has 0 spiro atoms. The number of nitrogens with one attached hydrogen (secondary N) is 1. The quantitative estimate of drug-likeness (QED) is 0.741. The van der Waals surface area contributed by atoms with E-state index < -0.39 is 0 Å². The first-order chi connectivity index (χ1) is 6.79. The summed E-state index contributed by atoms with van der Waals surface area (Å²) in [6, 6.07) is 1.56. The van der Waals surface area contributed by atoms with E-state index in [0.29, 0.717) is 0 Å². The Morgan fingerprint density at radius 3 is 2.29 bits per heavy atom. The number of likely N-dealkylation sites (N-methyl/N-ethyl adjacent to an activating group) is 1. The second-order valence-corrected chi connectivity index (χ2v) is 5.20. The molecule has 1 aliphatic carbocycles. The maximum Gasteiger partial charge on any atom is 0.0271 e. The molecule has 1 heterocycles. The lowest BCUT2D eigenvalue weighted by Crippen LogP contribution is -2.54. The zero-order valence-corrected chi connectivity index (χ0v) is 9.63. The first kappa shape index (κ1) is 10.4. The van der Waals surface area contributed by atoms with Crippen LogP contribution in [-0.4, -0.2) is 37.6 Å². The lowest BCUT2D eigenvalue weighted by Gasteiger charge is -2.44. The molecule has 0 aromatic rings. The number of piperidine rings is 1. The minimum absolute atomic E-state index is 0.768. The van der Waals surface area contributed by atoms with Crippen LogP contribution in [0.25, 0.3) is 0 Å². The first-order valence-electron chi connectivity index (χ1n) is 6.19. The molecule has 2 unspecified atom stereocenters. The molecule has 2 heteroatoms. The van der Waals surface area contributed by atoms with Crippen LogP contribution in [0.15, 0.2) is 0 Å². The van der Waals surface area contributed by atoms with Gasteiger partial charge >= 0.3 is 0 Å². The highest BCUT2D eigenvalue weighted by atomic mass is 15.1. The summed E-state index contributed by atoms with van der Waals surface area (Å²) in [7, 11) is 4.50. The molecule has 0 bridgehead atoms. The molecule has 2 nitrogen and oxygen atoms in total. The van der Waals surface area contributed by atoms with E-state index in [1.807, 2.05) is 0 Å². The van der Waals surface area contributed by atoms with Crippen LogP contribution in [0.4, 0.5) is 0 Å². The molecule has 2 aliphatic rings. The van der Waals surface area contributed by atoms with Gasteiger partial charge in [-0.2, -0.15) is 0 Å². The van der Waals surface area contributed by atoms with Gasteiger partial charge in [-0.1, -0.05) is 12.8 Å². The molecule has 82 valence electrons. The van der Waals surface area contributed by atoms with Gasteiger partial charge in [0.15, 0.2) is 0 Å². The summed E-state index contributed by atoms with van der Waals surface area (Å²) in [6.07, 6.45) is 8.57. The number of hydrogen-bond acceptors (Lipinski definition) is 2. The van der Waals surface area contributed by atoms with Gasteiger partial charge in [-0.3, -0.25) is 0 Å². The topological polar surface area (TPSA) is 15.3 Å². The third kappa shape index (κ3) is 2.12. The van der Waals surface area contributed by atoms with Crippen molar-refractivity contribution in [1.82, 2.24) is 10.2 Å². The molecule has 1 saturated carbocycles. The summed E-state index contributed by atoms with van der Waals surface area (Å²) < 4.78 is 0. The lowest BCUT2D eigenvalue weighted by atomic mass is 9.75. The van der Waals surface area contributed by atoms with E-state index >= 15 is 0 Å². The van der Waals surface area contributed by atoms with Gasteiger partial charge in [0.1, 0.15) is 0 Å². The van der Waals surface area contributed by atoms with Gasteiger partial charge in [0.2, 0.25) is 0 Å². The summed E-state index contributed by atoms with van der Waals surface area (Å²) in [5.41, 5.74) is 0. The average molecular weight is 196 g/mol. The summed E-state index contributed by atoms with van der Waals surface area (Å²) in [5, 5.41) is 3.71. The first-order valence-corrected chi connectivity index (χ1v) is 6.19. The second-order valence-electron chi connectivity index (χ2n) is 5.20. The third-order valence-corrected chi connectivity index (χ3v) is 3.99. The van der Waals surface area contributed by atoms with E-state index in [4.69, 9.17) is 0 Å². The van der Waals surface area contributed by atoms with E-state index in [2.05, 4.69) is 24.3 Å². The van der Waals surface area contributed by atoms with E-state index in [1.165, 1.54) is 45.1 Å². The standard InChI is InChI=1S/C12H24N2/c1-14(2)12(10-6-5-7-10)11-8-3-4-9-13-11/h10-13H,3-9H2,1-2H3. The van der Waals surface area contributed by atoms with Crippen molar-refractivity contribution in [3.63, 3.8) is 0 Å². The predicted molar refractivity (Wildman–Crippen MR) is 60.5 cm³/mol. The Kier molecular flexibility index (Phi) is 3.45. The maximum absolute atomic E-state index is 3.71. The molecule has 2 rings (SSSR count). The Morgan fingerprint density at radius 2 is 1.86 bits per heavy atom. The Bertz CT molecular complexity index is 169. The molecule has 0 amide bonds. The molecule has 1 N–H and O–H groups in total. The average Bonchev–Trinajstić information content (AvgIpc) is 2.12. The van der Waals surface area contributed by atoms with Gasteiger partial charge in [0, 0.05) is 12.1 Å². The van der Waals surface area contributed by atoms with Crippen molar-refractivity contribution in [2.75, 3.05) is 20.6 Å². The number of nitrogens with zero attached hydrogens (tertiary/aromatic N) is 1. The van der Waals surface area contributed by atoms with Gasteiger partial charge in [-0.05, 0) is 52.2 Å². The van der Waals surface area contributed by atoms with Crippen LogP contribution in [0.2, 0.25) is 0 Å². The van der Waals surface area contributed by atoms with Crippen LogP contribution in [0, 0.1) is 5.92 Å². The maximum atomic E-state index is 3.71. The van der Waals surface area contributed by atoms with Gasteiger partial charge in [0.25, 0.3) is 0 Å². The molecule has 0 aromatic carbocycles. The molecule has 2 atom stereocenters. The Labute approximate surface area is 88.1 Å². The van der Waals surface area contributed by atoms with Crippen molar-refractivity contribution in [3.8, 4) is 0 Å². The molecular weight excluding hydrogens is 172 g/mol. The minimum Gasteiger partial charge on any atom is -0.312 e. The zero-order chi connectivity index (χ0) is 9.97. The van der Waals surface area contributed by atoms with E-state index in [0.717, 1.165) is 18.0 Å². The van der Waals surface area contributed by atoms with Crippen molar-refractivity contribution in [1.29, 1.82) is 0 Å². The monoisotopic (exact) mass is 196 g/mol. The van der Waals surface area contributed by atoms with Crippen molar-refractivity contribution < 1.29 is 0 Å². The van der Waals surface area contributed by atoms with Crippen LogP contribution in [0.3, 0.4) is 0 Å². The predicted octanol–water partition coefficient (Wildman–Crippen LogP) is 1.86. The van der Waals surface area contributed by atoms with Crippen LogP contribution < -0.4 is 5.32 Å². The largest absolute Gasteiger partial charge is 0.312 e. The highest BCUT2D eigenvalue weighted by Gasteiger charge is 2.34. The van der Waals surface area contributed by atoms with Crippen molar-refractivity contribution >= 4 is 0 Å². The van der Waals surface area contributed by atoms with Crippen LogP contribution in [0.1, 0.15) is 38.5 Å². The minimum atomic E-state index is 0.768.